The van der Waals surface area contributed by atoms with Crippen LogP contribution in [0.2, 0.25) is 12.6 Å². The summed E-state index contributed by atoms with van der Waals surface area (Å²) in [4.78, 5) is 10.2. The minimum Gasteiger partial charge on any atom is -0.355 e. The Kier molecular flexibility index (Phi) is 2.06. The van der Waals surface area contributed by atoms with Gasteiger partial charge in [0.05, 0.1) is 0 Å². The number of nitrogens with zero attached hydrogens (tertiary/aromatic N) is 5. The van der Waals surface area contributed by atoms with Gasteiger partial charge in [-0.2, -0.15) is 5.26 Å². The lowest BCUT2D eigenvalue weighted by Crippen LogP contribution is -2.64. The normalized spacial score (nSPS) is 20.1. The molecule has 5 nitrogen and oxygen atoms in total. The Hall–Kier alpha value is -2.08. The van der Waals surface area contributed by atoms with Crippen LogP contribution in [0.1, 0.15) is 5.82 Å². The van der Waals surface area contributed by atoms with Crippen molar-refractivity contribution < 1.29 is 0 Å². The molecule has 0 unspecified atom stereocenters. The molecule has 0 aliphatic carbocycles. The first kappa shape index (κ1) is 10.1. The van der Waals surface area contributed by atoms with Crippen LogP contribution < -0.4 is 4.90 Å². The van der Waals surface area contributed by atoms with Gasteiger partial charge in [0, 0.05) is 25.3 Å². The highest BCUT2D eigenvalue weighted by atomic mass is 15.3. The Morgan fingerprint density at radius 2 is 2.12 bits per heavy atom. The number of aromatic nitrogens is 2. The van der Waals surface area contributed by atoms with Crippen molar-refractivity contribution in [3.63, 3.8) is 0 Å². The van der Waals surface area contributed by atoms with E-state index < -0.39 is 0 Å². The number of anilines is 1. The summed E-state index contributed by atoms with van der Waals surface area (Å²) in [5.41, 5.74) is 0.345. The van der Waals surface area contributed by atoms with E-state index in [9.17, 15) is 0 Å². The molecule has 0 atom stereocenters. The number of hydrogen-bond acceptors (Lipinski definition) is 5. The van der Waals surface area contributed by atoms with Gasteiger partial charge in [-0.1, -0.05) is 12.6 Å². The molecule has 3 heterocycles. The largest absolute Gasteiger partial charge is 0.355 e. The summed E-state index contributed by atoms with van der Waals surface area (Å²) in [7, 11) is 0. The van der Waals surface area contributed by atoms with Crippen LogP contribution in [-0.4, -0.2) is 29.8 Å². The molecule has 1 spiro atoms. The van der Waals surface area contributed by atoms with E-state index in [0.717, 1.165) is 31.5 Å². The van der Waals surface area contributed by atoms with E-state index in [-0.39, 0.29) is 12.5 Å². The lowest BCUT2D eigenvalue weighted by Gasteiger charge is -2.57. The van der Waals surface area contributed by atoms with Gasteiger partial charge < -0.3 is 4.90 Å². The lowest BCUT2D eigenvalue weighted by molar-refractivity contribution is 0.242. The fourth-order valence-corrected chi connectivity index (χ4v) is 2.84. The zero-order valence-corrected chi connectivity index (χ0v) is 9.30. The first-order chi connectivity index (χ1) is 8.24. The Morgan fingerprint density at radius 1 is 1.35 bits per heavy atom. The van der Waals surface area contributed by atoms with E-state index in [4.69, 9.17) is 10.5 Å². The summed E-state index contributed by atoms with van der Waals surface area (Å²) >= 11 is 0. The minimum atomic E-state index is 0.215. The van der Waals surface area contributed by atoms with Crippen molar-refractivity contribution in [3.05, 3.63) is 18.1 Å². The number of nitriles is 2. The molecule has 6 heteroatoms. The van der Waals surface area contributed by atoms with Crippen molar-refractivity contribution >= 4 is 12.5 Å². The smallest absolute Gasteiger partial charge is 0.269 e. The number of rotatable bonds is 1. The average molecular weight is 223 g/mol. The van der Waals surface area contributed by atoms with Crippen LogP contribution >= 0.6 is 0 Å². The standard InChI is InChI=1S/C11H10BN5/c13-3-9-15-2-1-10(16-9)17-6-11(7-17)4-12(5-11)8-14/h1-2H,4-7H2. The van der Waals surface area contributed by atoms with E-state index >= 15 is 0 Å². The Morgan fingerprint density at radius 3 is 2.76 bits per heavy atom. The molecule has 1 aromatic rings. The predicted molar refractivity (Wildman–Crippen MR) is 62.4 cm³/mol. The van der Waals surface area contributed by atoms with Crippen molar-refractivity contribution in [2.45, 2.75) is 12.6 Å². The van der Waals surface area contributed by atoms with Crippen LogP contribution in [0.5, 0.6) is 0 Å². The van der Waals surface area contributed by atoms with Gasteiger partial charge in [0.15, 0.2) is 0 Å². The van der Waals surface area contributed by atoms with Gasteiger partial charge >= 0.3 is 0 Å². The van der Waals surface area contributed by atoms with Gasteiger partial charge in [-0.15, -0.1) is 0 Å². The maximum atomic E-state index is 8.77. The van der Waals surface area contributed by atoms with Crippen LogP contribution in [0.25, 0.3) is 0 Å². The van der Waals surface area contributed by atoms with Crippen LogP contribution in [0.3, 0.4) is 0 Å². The molecule has 0 saturated carbocycles. The summed E-state index contributed by atoms with van der Waals surface area (Å²) < 4.78 is 0. The predicted octanol–water partition coefficient (Wildman–Crippen LogP) is 0.726. The third-order valence-corrected chi connectivity index (χ3v) is 3.66. The van der Waals surface area contributed by atoms with Crippen LogP contribution in [0.15, 0.2) is 12.3 Å². The summed E-state index contributed by atoms with van der Waals surface area (Å²) in [6.07, 6.45) is 3.64. The summed E-state index contributed by atoms with van der Waals surface area (Å²) in [6.45, 7) is 2.15. The van der Waals surface area contributed by atoms with Crippen molar-refractivity contribution in [2.24, 2.45) is 5.41 Å². The SMILES string of the molecule is N#CB1CC2(C1)CN(c1ccnc(C#N)n1)C2. The third kappa shape index (κ3) is 1.53. The zero-order valence-electron chi connectivity index (χ0n) is 9.30. The van der Waals surface area contributed by atoms with Crippen molar-refractivity contribution in [1.82, 2.24) is 9.97 Å². The van der Waals surface area contributed by atoms with Gasteiger partial charge in [-0.25, -0.2) is 15.2 Å². The molecule has 0 radical (unpaired) electrons. The van der Waals surface area contributed by atoms with E-state index in [1.807, 2.05) is 12.1 Å². The maximum absolute atomic E-state index is 8.77. The Balaban J connectivity index is 1.66. The second-order valence-electron chi connectivity index (χ2n) is 4.94. The molecule has 0 amide bonds. The molecule has 2 fully saturated rings. The quantitative estimate of drug-likeness (QED) is 0.655. The second-order valence-corrected chi connectivity index (χ2v) is 4.94. The van der Waals surface area contributed by atoms with E-state index in [0.29, 0.717) is 5.41 Å². The number of hydrogen-bond donors (Lipinski definition) is 0. The summed E-state index contributed by atoms with van der Waals surface area (Å²) in [5.74, 6) is 3.35. The Bertz CT molecular complexity index is 530. The molecule has 1 aromatic heterocycles. The molecule has 2 aliphatic rings. The maximum Gasteiger partial charge on any atom is 0.269 e. The molecule has 0 bridgehead atoms. The molecule has 2 saturated heterocycles. The lowest BCUT2D eigenvalue weighted by atomic mass is 9.26. The van der Waals surface area contributed by atoms with Crippen molar-refractivity contribution in [1.29, 1.82) is 10.5 Å². The average Bonchev–Trinajstić information content (AvgIpc) is 2.26. The fourth-order valence-electron chi connectivity index (χ4n) is 2.84. The fraction of sp³-hybridized carbons (Fsp3) is 0.455. The van der Waals surface area contributed by atoms with Gasteiger partial charge in [0.25, 0.3) is 6.71 Å². The summed E-state index contributed by atoms with van der Waals surface area (Å²) in [6, 6.07) is 3.77. The molecule has 3 rings (SSSR count). The third-order valence-electron chi connectivity index (χ3n) is 3.66. The molecule has 0 aromatic carbocycles. The zero-order chi connectivity index (χ0) is 11.9. The molecule has 2 aliphatic heterocycles. The van der Waals surface area contributed by atoms with Gasteiger partial charge in [0.2, 0.25) is 5.82 Å². The summed E-state index contributed by atoms with van der Waals surface area (Å²) in [5, 5.41) is 17.5. The molecule has 82 valence electrons. The second kappa shape index (κ2) is 3.46. The van der Waals surface area contributed by atoms with E-state index in [2.05, 4.69) is 20.8 Å². The van der Waals surface area contributed by atoms with Gasteiger partial charge in [-0.05, 0) is 11.5 Å². The Labute approximate surface area is 99.8 Å². The molecular formula is C11H10BN5. The van der Waals surface area contributed by atoms with Crippen LogP contribution in [0.4, 0.5) is 5.82 Å². The topological polar surface area (TPSA) is 76.6 Å². The van der Waals surface area contributed by atoms with E-state index in [1.165, 1.54) is 0 Å². The van der Waals surface area contributed by atoms with Crippen molar-refractivity contribution in [2.75, 3.05) is 18.0 Å². The highest BCUT2D eigenvalue weighted by molar-refractivity contribution is 6.70. The van der Waals surface area contributed by atoms with Crippen LogP contribution in [-0.2, 0) is 0 Å². The first-order valence-electron chi connectivity index (χ1n) is 5.62. The molecule has 0 N–H and O–H groups in total. The van der Waals surface area contributed by atoms with E-state index in [1.54, 1.807) is 6.20 Å². The highest BCUT2D eigenvalue weighted by Crippen LogP contribution is 2.50. The van der Waals surface area contributed by atoms with Gasteiger partial charge in [-0.3, -0.25) is 0 Å². The monoisotopic (exact) mass is 223 g/mol. The minimum absolute atomic E-state index is 0.215. The van der Waals surface area contributed by atoms with Gasteiger partial charge in [0.1, 0.15) is 11.9 Å². The first-order valence-corrected chi connectivity index (χ1v) is 5.62. The molecular weight excluding hydrogens is 213 g/mol. The molecule has 17 heavy (non-hydrogen) atoms. The van der Waals surface area contributed by atoms with Crippen LogP contribution in [0, 0.1) is 28.0 Å². The highest BCUT2D eigenvalue weighted by Gasteiger charge is 2.54. The van der Waals surface area contributed by atoms with Crippen molar-refractivity contribution in [3.8, 4) is 12.0 Å².